The molecule has 0 aromatic rings. The Morgan fingerprint density at radius 2 is 1.67 bits per heavy atom. The highest BCUT2D eigenvalue weighted by Crippen LogP contribution is 2.25. The van der Waals surface area contributed by atoms with Crippen molar-refractivity contribution in [2.75, 3.05) is 0 Å². The Morgan fingerprint density at radius 1 is 1.07 bits per heavy atom. The van der Waals surface area contributed by atoms with Gasteiger partial charge in [-0.3, -0.25) is 5.43 Å². The molecule has 86 valence electrons. The van der Waals surface area contributed by atoms with Gasteiger partial charge in [-0.2, -0.15) is 10.2 Å². The molecule has 1 rings (SSSR count). The van der Waals surface area contributed by atoms with Gasteiger partial charge in [0, 0.05) is 0 Å². The first-order valence-corrected chi connectivity index (χ1v) is 9.11. The van der Waals surface area contributed by atoms with E-state index in [9.17, 15) is 0 Å². The van der Waals surface area contributed by atoms with Gasteiger partial charge < -0.3 is 0 Å². The third kappa shape index (κ3) is 4.57. The van der Waals surface area contributed by atoms with Crippen molar-refractivity contribution >= 4 is 101 Å². The standard InChI is InChI=1S/C6H5Br6N3/c7-4(8)2-1-3(5(9)10)14-15(13-2)6(11)12/h1,4-6,13H. The van der Waals surface area contributed by atoms with Crippen molar-refractivity contribution in [3.63, 3.8) is 0 Å². The zero-order chi connectivity index (χ0) is 11.6. The SMILES string of the molecule is BrC(Br)C1=CC(C(Br)Br)=NN(C(Br)Br)N1. The normalized spacial score (nSPS) is 17.0. The van der Waals surface area contributed by atoms with Crippen LogP contribution in [0, 0.1) is 0 Å². The lowest BCUT2D eigenvalue weighted by Gasteiger charge is -2.29. The maximum atomic E-state index is 4.35. The molecule has 0 aromatic carbocycles. The molecular weight excluding hydrogens is 594 g/mol. The Kier molecular flexibility index (Phi) is 6.70. The number of hydrazone groups is 1. The summed E-state index contributed by atoms with van der Waals surface area (Å²) in [5, 5.41) is 6.01. The van der Waals surface area contributed by atoms with Crippen LogP contribution < -0.4 is 5.43 Å². The lowest BCUT2D eigenvalue weighted by atomic mass is 10.3. The summed E-state index contributed by atoms with van der Waals surface area (Å²) in [6, 6.07) is 0. The van der Waals surface area contributed by atoms with Crippen molar-refractivity contribution in [2.45, 2.75) is 11.3 Å². The van der Waals surface area contributed by atoms with E-state index in [2.05, 4.69) is 106 Å². The Labute approximate surface area is 138 Å². The quantitative estimate of drug-likeness (QED) is 0.387. The van der Waals surface area contributed by atoms with E-state index in [0.717, 1.165) is 11.4 Å². The molecule has 15 heavy (non-hydrogen) atoms. The highest BCUT2D eigenvalue weighted by Gasteiger charge is 2.22. The maximum Gasteiger partial charge on any atom is 0.178 e. The summed E-state index contributed by atoms with van der Waals surface area (Å²) in [4.78, 5) is 0. The molecule has 3 nitrogen and oxygen atoms in total. The molecule has 1 aliphatic heterocycles. The van der Waals surface area contributed by atoms with Crippen molar-refractivity contribution in [1.29, 1.82) is 0 Å². The van der Waals surface area contributed by atoms with E-state index in [1.54, 1.807) is 5.12 Å². The van der Waals surface area contributed by atoms with Crippen LogP contribution in [-0.4, -0.2) is 22.2 Å². The molecule has 0 bridgehead atoms. The van der Waals surface area contributed by atoms with Gasteiger partial charge in [-0.05, 0) is 37.9 Å². The molecule has 0 amide bonds. The zero-order valence-electron chi connectivity index (χ0n) is 6.97. The van der Waals surface area contributed by atoms with E-state index in [1.165, 1.54) is 0 Å². The molecule has 0 aromatic heterocycles. The van der Waals surface area contributed by atoms with Gasteiger partial charge in [0.1, 0.15) is 7.47 Å². The second kappa shape index (κ2) is 6.72. The highest BCUT2D eigenvalue weighted by atomic mass is 79.9. The van der Waals surface area contributed by atoms with E-state index in [0.29, 0.717) is 0 Å². The molecule has 0 radical (unpaired) electrons. The summed E-state index contributed by atoms with van der Waals surface area (Å²) in [6.07, 6.45) is 1.95. The summed E-state index contributed by atoms with van der Waals surface area (Å²) in [6.45, 7) is 0. The molecule has 1 N–H and O–H groups in total. The number of allylic oxidation sites excluding steroid dienone is 2. The van der Waals surface area contributed by atoms with Gasteiger partial charge in [-0.15, -0.1) is 0 Å². The summed E-state index contributed by atoms with van der Waals surface area (Å²) in [5.41, 5.74) is 4.95. The van der Waals surface area contributed by atoms with Crippen LogP contribution >= 0.6 is 95.6 Å². The topological polar surface area (TPSA) is 27.6 Å². The van der Waals surface area contributed by atoms with Crippen LogP contribution in [0.4, 0.5) is 0 Å². The molecule has 1 aliphatic rings. The van der Waals surface area contributed by atoms with Crippen molar-refractivity contribution in [3.8, 4) is 0 Å². The van der Waals surface area contributed by atoms with Gasteiger partial charge >= 0.3 is 0 Å². The number of hydrazine groups is 1. The molecule has 0 unspecified atom stereocenters. The number of rotatable bonds is 3. The van der Waals surface area contributed by atoms with E-state index in [4.69, 9.17) is 0 Å². The fourth-order valence-corrected chi connectivity index (χ4v) is 2.12. The fraction of sp³-hybridized carbons (Fsp3) is 0.500. The first-order chi connectivity index (χ1) is 6.91. The smallest absolute Gasteiger partial charge is 0.178 e. The van der Waals surface area contributed by atoms with Crippen LogP contribution in [0.25, 0.3) is 0 Å². The number of hydrogen-bond acceptors (Lipinski definition) is 3. The highest BCUT2D eigenvalue weighted by molar-refractivity contribution is 9.25. The van der Waals surface area contributed by atoms with E-state index >= 15 is 0 Å². The third-order valence-corrected chi connectivity index (χ3v) is 4.11. The molecule has 0 spiro atoms. The van der Waals surface area contributed by atoms with Crippen molar-refractivity contribution < 1.29 is 0 Å². The van der Waals surface area contributed by atoms with Crippen LogP contribution in [0.3, 0.4) is 0 Å². The monoisotopic (exact) mass is 593 g/mol. The second-order valence-electron chi connectivity index (χ2n) is 2.46. The molecule has 0 saturated heterocycles. The Morgan fingerprint density at radius 3 is 2.07 bits per heavy atom. The summed E-state index contributed by atoms with van der Waals surface area (Å²) < 4.78 is -0.0150. The van der Waals surface area contributed by atoms with E-state index in [1.807, 2.05) is 6.08 Å². The lowest BCUT2D eigenvalue weighted by molar-refractivity contribution is 0.252. The molecule has 0 fully saturated rings. The van der Waals surface area contributed by atoms with Gasteiger partial charge in [-0.1, -0.05) is 63.7 Å². The predicted octanol–water partition coefficient (Wildman–Crippen LogP) is 4.35. The van der Waals surface area contributed by atoms with Crippen molar-refractivity contribution in [2.24, 2.45) is 5.10 Å². The van der Waals surface area contributed by atoms with Crippen LogP contribution in [-0.2, 0) is 0 Å². The van der Waals surface area contributed by atoms with Gasteiger partial charge in [0.15, 0.2) is 3.86 Å². The Balaban J connectivity index is 2.92. The summed E-state index contributed by atoms with van der Waals surface area (Å²) in [5.74, 6) is 0. The van der Waals surface area contributed by atoms with Gasteiger partial charge in [0.2, 0.25) is 0 Å². The van der Waals surface area contributed by atoms with Crippen LogP contribution in [0.5, 0.6) is 0 Å². The molecule has 0 atom stereocenters. The number of nitrogens with zero attached hydrogens (tertiary/aromatic N) is 2. The Bertz CT molecular complexity index is 287. The average molecular weight is 599 g/mol. The number of nitrogens with one attached hydrogen (secondary N) is 1. The lowest BCUT2D eigenvalue weighted by Crippen LogP contribution is -2.41. The first kappa shape index (κ1) is 14.9. The average Bonchev–Trinajstić information content (AvgIpc) is 2.16. The fourth-order valence-electron chi connectivity index (χ4n) is 0.813. The van der Waals surface area contributed by atoms with Gasteiger partial charge in [0.25, 0.3) is 0 Å². The molecule has 0 saturated carbocycles. The van der Waals surface area contributed by atoms with Crippen molar-refractivity contribution in [1.82, 2.24) is 10.5 Å². The van der Waals surface area contributed by atoms with E-state index in [-0.39, 0.29) is 11.3 Å². The van der Waals surface area contributed by atoms with Gasteiger partial charge in [0.05, 0.1) is 11.4 Å². The minimum absolute atomic E-state index is 0.0158. The molecule has 1 heterocycles. The van der Waals surface area contributed by atoms with Crippen LogP contribution in [0.1, 0.15) is 0 Å². The molecule has 0 aliphatic carbocycles. The summed E-state index contributed by atoms with van der Waals surface area (Å²) >= 11 is 20.4. The summed E-state index contributed by atoms with van der Waals surface area (Å²) in [7, 11) is 0. The third-order valence-electron chi connectivity index (χ3n) is 1.41. The number of hydrogen-bond donors (Lipinski definition) is 1. The molecule has 9 heteroatoms. The zero-order valence-corrected chi connectivity index (χ0v) is 16.5. The largest absolute Gasteiger partial charge is 0.283 e. The van der Waals surface area contributed by atoms with Crippen LogP contribution in [0.15, 0.2) is 16.9 Å². The number of alkyl halides is 6. The minimum Gasteiger partial charge on any atom is -0.283 e. The minimum atomic E-state index is -0.0822. The van der Waals surface area contributed by atoms with Crippen molar-refractivity contribution in [3.05, 3.63) is 11.8 Å². The Hall–Kier alpha value is 1.89. The number of halogens is 6. The first-order valence-electron chi connectivity index (χ1n) is 3.62. The predicted molar refractivity (Wildman–Crippen MR) is 85.4 cm³/mol. The maximum absolute atomic E-state index is 4.35. The van der Waals surface area contributed by atoms with E-state index < -0.39 is 0 Å². The second-order valence-corrected chi connectivity index (χ2v) is 11.5. The molecular formula is C6H5Br6N3. The van der Waals surface area contributed by atoms with Gasteiger partial charge in [-0.25, -0.2) is 0 Å². The van der Waals surface area contributed by atoms with Crippen LogP contribution in [0.2, 0.25) is 0 Å².